The maximum atomic E-state index is 11.9. The summed E-state index contributed by atoms with van der Waals surface area (Å²) in [6, 6.07) is 0. The first kappa shape index (κ1) is 22.6. The van der Waals surface area contributed by atoms with Crippen LogP contribution in [-0.2, 0) is 14.4 Å². The van der Waals surface area contributed by atoms with Crippen LogP contribution >= 0.6 is 0 Å². The first-order valence-electron chi connectivity index (χ1n) is 8.89. The molecule has 0 aromatic rings. The molecular formula is C19H34O5. The number of carbonyl (C=O) groups excluding carboxylic acids is 1. The van der Waals surface area contributed by atoms with E-state index in [4.69, 9.17) is 10.2 Å². The molecule has 2 N–H and O–H groups in total. The Bertz CT molecular complexity index is 385. The van der Waals surface area contributed by atoms with E-state index >= 15 is 0 Å². The van der Waals surface area contributed by atoms with Crippen LogP contribution in [-0.4, -0.2) is 27.9 Å². The first-order chi connectivity index (χ1) is 10.9. The van der Waals surface area contributed by atoms with Crippen molar-refractivity contribution in [2.24, 2.45) is 10.8 Å². The molecule has 0 saturated carbocycles. The van der Waals surface area contributed by atoms with E-state index in [2.05, 4.69) is 0 Å². The summed E-state index contributed by atoms with van der Waals surface area (Å²) in [4.78, 5) is 33.4. The zero-order valence-electron chi connectivity index (χ0n) is 15.7. The zero-order valence-corrected chi connectivity index (χ0v) is 15.7. The molecule has 0 bridgehead atoms. The van der Waals surface area contributed by atoms with Gasteiger partial charge >= 0.3 is 11.9 Å². The number of ketones is 1. The lowest BCUT2D eigenvalue weighted by atomic mass is 9.83. The molecule has 140 valence electrons. The normalized spacial score (nSPS) is 12.2. The van der Waals surface area contributed by atoms with Crippen LogP contribution in [0.5, 0.6) is 0 Å². The smallest absolute Gasteiger partial charge is 0.303 e. The maximum Gasteiger partial charge on any atom is 0.303 e. The molecule has 0 aliphatic rings. The molecule has 0 atom stereocenters. The number of carboxylic acids is 2. The summed E-state index contributed by atoms with van der Waals surface area (Å²) in [5.41, 5.74) is -0.435. The van der Waals surface area contributed by atoms with Gasteiger partial charge in [0.15, 0.2) is 0 Å². The van der Waals surface area contributed by atoms with E-state index < -0.39 is 11.9 Å². The summed E-state index contributed by atoms with van der Waals surface area (Å²) in [6.45, 7) is 7.78. The molecule has 0 unspecified atom stereocenters. The second kappa shape index (κ2) is 10.5. The van der Waals surface area contributed by atoms with Gasteiger partial charge in [-0.3, -0.25) is 14.4 Å². The van der Waals surface area contributed by atoms with E-state index in [1.165, 1.54) is 0 Å². The fraction of sp³-hybridized carbons (Fsp3) is 0.842. The SMILES string of the molecule is CC(C)(CCCCC(=O)CCCCC(C)(C)CC(=O)O)CC(=O)O. The molecule has 0 saturated heterocycles. The van der Waals surface area contributed by atoms with Crippen molar-refractivity contribution in [2.45, 2.75) is 91.9 Å². The van der Waals surface area contributed by atoms with E-state index in [0.29, 0.717) is 12.8 Å². The largest absolute Gasteiger partial charge is 0.481 e. The summed E-state index contributed by atoms with van der Waals surface area (Å²) >= 11 is 0. The predicted molar refractivity (Wildman–Crippen MR) is 94.0 cm³/mol. The number of unbranched alkanes of at least 4 members (excludes halogenated alkanes) is 2. The summed E-state index contributed by atoms with van der Waals surface area (Å²) in [6.07, 6.45) is 6.43. The first-order valence-corrected chi connectivity index (χ1v) is 8.89. The van der Waals surface area contributed by atoms with Gasteiger partial charge in [-0.1, -0.05) is 40.5 Å². The van der Waals surface area contributed by atoms with Gasteiger partial charge in [-0.25, -0.2) is 0 Å². The van der Waals surface area contributed by atoms with Crippen LogP contribution in [0.3, 0.4) is 0 Å². The second-order valence-electron chi connectivity index (χ2n) is 8.42. The van der Waals surface area contributed by atoms with Crippen molar-refractivity contribution in [3.05, 3.63) is 0 Å². The molecular weight excluding hydrogens is 308 g/mol. The minimum Gasteiger partial charge on any atom is -0.481 e. The molecule has 24 heavy (non-hydrogen) atoms. The highest BCUT2D eigenvalue weighted by Gasteiger charge is 2.22. The molecule has 0 aromatic carbocycles. The Morgan fingerprint density at radius 3 is 1.29 bits per heavy atom. The van der Waals surface area contributed by atoms with Crippen LogP contribution in [0.4, 0.5) is 0 Å². The second-order valence-corrected chi connectivity index (χ2v) is 8.42. The lowest BCUT2D eigenvalue weighted by Gasteiger charge is -2.22. The minimum atomic E-state index is -0.776. The predicted octanol–water partition coefficient (Wildman–Crippen LogP) is 4.68. The van der Waals surface area contributed by atoms with Crippen LogP contribution in [0.15, 0.2) is 0 Å². The Balaban J connectivity index is 3.78. The van der Waals surface area contributed by atoms with Crippen LogP contribution in [0.25, 0.3) is 0 Å². The molecule has 5 heteroatoms. The van der Waals surface area contributed by atoms with Crippen molar-refractivity contribution in [2.75, 3.05) is 0 Å². The Labute approximate surface area is 145 Å². The van der Waals surface area contributed by atoms with Crippen LogP contribution in [0, 0.1) is 10.8 Å². The molecule has 0 aliphatic carbocycles. The summed E-state index contributed by atoms with van der Waals surface area (Å²) < 4.78 is 0. The van der Waals surface area contributed by atoms with E-state index in [-0.39, 0.29) is 29.5 Å². The van der Waals surface area contributed by atoms with Gasteiger partial charge in [0.25, 0.3) is 0 Å². The lowest BCUT2D eigenvalue weighted by Crippen LogP contribution is -2.17. The number of carboxylic acid groups (broad SMARTS) is 2. The van der Waals surface area contributed by atoms with Gasteiger partial charge < -0.3 is 10.2 Å². The molecule has 0 radical (unpaired) electrons. The third kappa shape index (κ3) is 13.1. The monoisotopic (exact) mass is 342 g/mol. The van der Waals surface area contributed by atoms with E-state index in [9.17, 15) is 14.4 Å². The van der Waals surface area contributed by atoms with Gasteiger partial charge in [-0.2, -0.15) is 0 Å². The fourth-order valence-corrected chi connectivity index (χ4v) is 2.97. The highest BCUT2D eigenvalue weighted by atomic mass is 16.4. The van der Waals surface area contributed by atoms with Crippen LogP contribution in [0.1, 0.15) is 91.9 Å². The van der Waals surface area contributed by atoms with E-state index in [1.807, 2.05) is 27.7 Å². The van der Waals surface area contributed by atoms with Gasteiger partial charge in [0.05, 0.1) is 12.8 Å². The molecule has 0 aromatic heterocycles. The Hall–Kier alpha value is -1.39. The molecule has 0 rings (SSSR count). The summed E-state index contributed by atoms with van der Waals surface area (Å²) in [5.74, 6) is -1.30. The Morgan fingerprint density at radius 1 is 0.667 bits per heavy atom. The van der Waals surface area contributed by atoms with Crippen molar-refractivity contribution in [3.8, 4) is 0 Å². The Kier molecular flexibility index (Phi) is 9.86. The maximum absolute atomic E-state index is 11.9. The average Bonchev–Trinajstić information content (AvgIpc) is 2.37. The third-order valence-corrected chi connectivity index (χ3v) is 4.38. The van der Waals surface area contributed by atoms with Gasteiger partial charge in [0, 0.05) is 12.8 Å². The van der Waals surface area contributed by atoms with Crippen molar-refractivity contribution >= 4 is 17.7 Å². The van der Waals surface area contributed by atoms with Gasteiger partial charge in [-0.15, -0.1) is 0 Å². The van der Waals surface area contributed by atoms with Crippen molar-refractivity contribution in [1.29, 1.82) is 0 Å². The number of hydrogen-bond acceptors (Lipinski definition) is 3. The van der Waals surface area contributed by atoms with Crippen LogP contribution < -0.4 is 0 Å². The quantitative estimate of drug-likeness (QED) is 0.447. The van der Waals surface area contributed by atoms with Crippen molar-refractivity contribution in [3.63, 3.8) is 0 Å². The highest BCUT2D eigenvalue weighted by molar-refractivity contribution is 5.78. The molecule has 0 fully saturated rings. The molecule has 5 nitrogen and oxygen atoms in total. The molecule has 0 heterocycles. The lowest BCUT2D eigenvalue weighted by molar-refractivity contribution is -0.140. The molecule has 0 amide bonds. The fourth-order valence-electron chi connectivity index (χ4n) is 2.97. The molecule has 0 aliphatic heterocycles. The summed E-state index contributed by atoms with van der Waals surface area (Å²) in [5, 5.41) is 17.7. The Morgan fingerprint density at radius 2 is 1.00 bits per heavy atom. The van der Waals surface area contributed by atoms with Gasteiger partial charge in [-0.05, 0) is 36.5 Å². The minimum absolute atomic E-state index is 0.160. The average molecular weight is 342 g/mol. The topological polar surface area (TPSA) is 91.7 Å². The van der Waals surface area contributed by atoms with E-state index in [1.54, 1.807) is 0 Å². The van der Waals surface area contributed by atoms with Crippen molar-refractivity contribution in [1.82, 2.24) is 0 Å². The number of aliphatic carboxylic acids is 2. The van der Waals surface area contributed by atoms with E-state index in [0.717, 1.165) is 38.5 Å². The van der Waals surface area contributed by atoms with Crippen LogP contribution in [0.2, 0.25) is 0 Å². The van der Waals surface area contributed by atoms with Gasteiger partial charge in [0.1, 0.15) is 5.78 Å². The number of Topliss-reactive ketones (excluding diaryl/α,β-unsaturated/α-hetero) is 1. The number of carbonyl (C=O) groups is 3. The van der Waals surface area contributed by atoms with Crippen molar-refractivity contribution < 1.29 is 24.6 Å². The standard InChI is InChI=1S/C19H34O5/c1-18(2,13-16(21)22)11-7-5-9-15(20)10-6-8-12-19(3,4)14-17(23)24/h5-14H2,1-4H3,(H,21,22)(H,23,24). The number of rotatable bonds is 14. The summed E-state index contributed by atoms with van der Waals surface area (Å²) in [7, 11) is 0. The van der Waals surface area contributed by atoms with Gasteiger partial charge in [0.2, 0.25) is 0 Å². The highest BCUT2D eigenvalue weighted by Crippen LogP contribution is 2.29. The third-order valence-electron chi connectivity index (χ3n) is 4.38. The zero-order chi connectivity index (χ0) is 18.8. The molecule has 0 spiro atoms. The number of hydrogen-bond donors (Lipinski definition) is 2.